The minimum Gasteiger partial charge on any atom is -0.325 e. The molecule has 0 aliphatic carbocycles. The van der Waals surface area contributed by atoms with Crippen LogP contribution in [0.5, 0.6) is 0 Å². The van der Waals surface area contributed by atoms with Crippen LogP contribution in [-0.4, -0.2) is 59.8 Å². The molecule has 12 heteroatoms. The van der Waals surface area contributed by atoms with E-state index in [0.29, 0.717) is 35.4 Å². The summed E-state index contributed by atoms with van der Waals surface area (Å²) < 4.78 is 25.2. The third-order valence-electron chi connectivity index (χ3n) is 5.32. The number of thioether (sulfide) groups is 1. The number of rotatable bonds is 7. The lowest BCUT2D eigenvalue weighted by Crippen LogP contribution is -2.40. The fourth-order valence-electron chi connectivity index (χ4n) is 3.62. The highest BCUT2D eigenvalue weighted by Crippen LogP contribution is 2.28. The fraction of sp³-hybridized carbons (Fsp3) is 0.333. The van der Waals surface area contributed by atoms with Gasteiger partial charge in [0.15, 0.2) is 4.34 Å². The second-order valence-corrected chi connectivity index (χ2v) is 11.8. The number of nitrogens with zero attached hydrogens (tertiary/aromatic N) is 3. The molecule has 0 bridgehead atoms. The molecule has 2 heterocycles. The van der Waals surface area contributed by atoms with E-state index < -0.39 is 10.0 Å². The lowest BCUT2D eigenvalue weighted by Gasteiger charge is -2.29. The Morgan fingerprint density at radius 1 is 1.09 bits per heavy atom. The van der Waals surface area contributed by atoms with Gasteiger partial charge in [0.1, 0.15) is 0 Å². The lowest BCUT2D eigenvalue weighted by molar-refractivity contribution is -0.121. The molecule has 2 amide bonds. The summed E-state index contributed by atoms with van der Waals surface area (Å²) in [6.45, 7) is 0.667. The van der Waals surface area contributed by atoms with Crippen LogP contribution in [0, 0.1) is 5.92 Å². The van der Waals surface area contributed by atoms with E-state index in [4.69, 9.17) is 0 Å². The SMILES string of the molecule is CS(=O)(=O)N1CCC(C(=O)Nc2nnc(SCC(=O)Nc3cccc4ccccc34)s2)CC1. The van der Waals surface area contributed by atoms with Crippen molar-refractivity contribution in [2.24, 2.45) is 5.92 Å². The van der Waals surface area contributed by atoms with Gasteiger partial charge in [0.05, 0.1) is 12.0 Å². The number of nitrogens with one attached hydrogen (secondary N) is 2. The number of benzene rings is 2. The number of fused-ring (bicyclic) bond motifs is 1. The van der Waals surface area contributed by atoms with E-state index in [2.05, 4.69) is 20.8 Å². The van der Waals surface area contributed by atoms with Gasteiger partial charge in [0.2, 0.25) is 27.0 Å². The standard InChI is InChI=1S/C21H23N5O4S3/c1-33(29,30)26-11-9-15(10-12-26)19(28)23-20-24-25-21(32-20)31-13-18(27)22-17-8-4-6-14-5-2-3-7-16(14)17/h2-8,15H,9-13H2,1H3,(H,22,27)(H,23,24,28). The van der Waals surface area contributed by atoms with Crippen molar-refractivity contribution in [3.8, 4) is 0 Å². The summed E-state index contributed by atoms with van der Waals surface area (Å²) in [6.07, 6.45) is 2.11. The smallest absolute Gasteiger partial charge is 0.234 e. The fourth-order valence-corrected chi connectivity index (χ4v) is 6.05. The van der Waals surface area contributed by atoms with Crippen LogP contribution in [0.15, 0.2) is 46.8 Å². The number of hydrogen-bond donors (Lipinski definition) is 2. The molecule has 1 aliphatic rings. The first kappa shape index (κ1) is 23.6. The number of piperidine rings is 1. The van der Waals surface area contributed by atoms with Gasteiger partial charge in [-0.15, -0.1) is 10.2 Å². The second kappa shape index (κ2) is 10.2. The van der Waals surface area contributed by atoms with E-state index >= 15 is 0 Å². The predicted molar refractivity (Wildman–Crippen MR) is 131 cm³/mol. The first-order valence-corrected chi connectivity index (χ1v) is 13.9. The average Bonchev–Trinajstić information content (AvgIpc) is 3.25. The number of hydrogen-bond acceptors (Lipinski definition) is 8. The lowest BCUT2D eigenvalue weighted by atomic mass is 9.97. The van der Waals surface area contributed by atoms with E-state index in [1.54, 1.807) is 0 Å². The third kappa shape index (κ3) is 6.08. The van der Waals surface area contributed by atoms with Crippen LogP contribution in [0.4, 0.5) is 10.8 Å². The highest BCUT2D eigenvalue weighted by molar-refractivity contribution is 8.01. The van der Waals surface area contributed by atoms with Crippen LogP contribution in [-0.2, 0) is 19.6 Å². The number of sulfonamides is 1. The Hall–Kier alpha value is -2.54. The monoisotopic (exact) mass is 505 g/mol. The van der Waals surface area contributed by atoms with Crippen LogP contribution in [0.1, 0.15) is 12.8 Å². The zero-order valence-corrected chi connectivity index (χ0v) is 20.3. The molecule has 0 unspecified atom stereocenters. The largest absolute Gasteiger partial charge is 0.325 e. The number of aromatic nitrogens is 2. The van der Waals surface area contributed by atoms with Gasteiger partial charge >= 0.3 is 0 Å². The van der Waals surface area contributed by atoms with Crippen molar-refractivity contribution in [1.82, 2.24) is 14.5 Å². The molecule has 2 N–H and O–H groups in total. The molecule has 0 atom stereocenters. The van der Waals surface area contributed by atoms with Gasteiger partial charge in [0, 0.05) is 30.1 Å². The van der Waals surface area contributed by atoms with Crippen molar-refractivity contribution in [3.63, 3.8) is 0 Å². The molecule has 9 nitrogen and oxygen atoms in total. The average molecular weight is 506 g/mol. The summed E-state index contributed by atoms with van der Waals surface area (Å²) in [6, 6.07) is 13.6. The van der Waals surface area contributed by atoms with Gasteiger partial charge in [-0.3, -0.25) is 9.59 Å². The maximum Gasteiger partial charge on any atom is 0.234 e. The van der Waals surface area contributed by atoms with E-state index in [1.807, 2.05) is 42.5 Å². The van der Waals surface area contributed by atoms with Crippen molar-refractivity contribution >= 4 is 66.5 Å². The Balaban J connectivity index is 1.27. The highest BCUT2D eigenvalue weighted by atomic mass is 32.2. The molecule has 174 valence electrons. The number of carbonyl (C=O) groups excluding carboxylic acids is 2. The van der Waals surface area contributed by atoms with E-state index in [-0.39, 0.29) is 23.5 Å². The van der Waals surface area contributed by atoms with Gasteiger partial charge in [-0.2, -0.15) is 0 Å². The van der Waals surface area contributed by atoms with Crippen molar-refractivity contribution < 1.29 is 18.0 Å². The zero-order chi connectivity index (χ0) is 23.4. The minimum atomic E-state index is -3.23. The van der Waals surface area contributed by atoms with Crippen LogP contribution in [0.2, 0.25) is 0 Å². The second-order valence-electron chi connectivity index (χ2n) is 7.66. The molecule has 4 rings (SSSR count). The Labute approximate surface area is 200 Å². The van der Waals surface area contributed by atoms with Gasteiger partial charge < -0.3 is 10.6 Å². The molecule has 2 aromatic carbocycles. The Morgan fingerprint density at radius 2 is 1.82 bits per heavy atom. The number of anilines is 2. The molecule has 1 aliphatic heterocycles. The first-order chi connectivity index (χ1) is 15.8. The van der Waals surface area contributed by atoms with Crippen LogP contribution in [0.3, 0.4) is 0 Å². The molecule has 3 aromatic rings. The summed E-state index contributed by atoms with van der Waals surface area (Å²) in [5, 5.41) is 16.1. The Bertz CT molecular complexity index is 1260. The first-order valence-electron chi connectivity index (χ1n) is 10.3. The van der Waals surface area contributed by atoms with E-state index in [0.717, 1.165) is 16.5 Å². The molecule has 1 saturated heterocycles. The molecular weight excluding hydrogens is 482 g/mol. The molecule has 0 saturated carbocycles. The van der Waals surface area contributed by atoms with Crippen LogP contribution >= 0.6 is 23.1 Å². The van der Waals surface area contributed by atoms with Crippen molar-refractivity contribution in [1.29, 1.82) is 0 Å². The van der Waals surface area contributed by atoms with Gasteiger partial charge in [-0.1, -0.05) is 59.5 Å². The maximum absolute atomic E-state index is 12.5. The summed E-state index contributed by atoms with van der Waals surface area (Å²) in [7, 11) is -3.23. The predicted octanol–water partition coefficient (Wildman–Crippen LogP) is 3.03. The number of carbonyl (C=O) groups is 2. The quantitative estimate of drug-likeness (QED) is 0.374. The third-order valence-corrected chi connectivity index (χ3v) is 8.60. The summed E-state index contributed by atoms with van der Waals surface area (Å²) in [5.74, 6) is -0.454. The zero-order valence-electron chi connectivity index (χ0n) is 17.9. The van der Waals surface area contributed by atoms with E-state index in [1.165, 1.54) is 33.7 Å². The topological polar surface area (TPSA) is 121 Å². The van der Waals surface area contributed by atoms with Gasteiger partial charge in [-0.25, -0.2) is 12.7 Å². The summed E-state index contributed by atoms with van der Waals surface area (Å²) in [5.41, 5.74) is 0.755. The highest BCUT2D eigenvalue weighted by Gasteiger charge is 2.29. The Kier molecular flexibility index (Phi) is 7.27. The molecule has 0 spiro atoms. The van der Waals surface area contributed by atoms with Crippen molar-refractivity contribution in [2.45, 2.75) is 17.2 Å². The van der Waals surface area contributed by atoms with Gasteiger partial charge in [0.25, 0.3) is 0 Å². The van der Waals surface area contributed by atoms with Crippen molar-refractivity contribution in [2.75, 3.05) is 35.7 Å². The normalized spacial score (nSPS) is 15.4. The maximum atomic E-state index is 12.5. The Morgan fingerprint density at radius 3 is 2.58 bits per heavy atom. The van der Waals surface area contributed by atoms with Crippen molar-refractivity contribution in [3.05, 3.63) is 42.5 Å². The van der Waals surface area contributed by atoms with Crippen LogP contribution in [0.25, 0.3) is 10.8 Å². The van der Waals surface area contributed by atoms with Crippen LogP contribution < -0.4 is 10.6 Å². The summed E-state index contributed by atoms with van der Waals surface area (Å²) >= 11 is 2.45. The number of amides is 2. The molecular formula is C21H23N5O4S3. The molecule has 1 fully saturated rings. The van der Waals surface area contributed by atoms with E-state index in [9.17, 15) is 18.0 Å². The summed E-state index contributed by atoms with van der Waals surface area (Å²) in [4.78, 5) is 24.9. The molecule has 0 radical (unpaired) electrons. The van der Waals surface area contributed by atoms with Gasteiger partial charge in [-0.05, 0) is 24.3 Å². The minimum absolute atomic E-state index is 0.158. The molecule has 1 aromatic heterocycles. The molecule has 33 heavy (non-hydrogen) atoms.